The van der Waals surface area contributed by atoms with E-state index in [2.05, 4.69) is 39.9 Å². The van der Waals surface area contributed by atoms with E-state index in [0.29, 0.717) is 0 Å². The Bertz CT molecular complexity index is 974. The zero-order valence-corrected chi connectivity index (χ0v) is 21.6. The van der Waals surface area contributed by atoms with Gasteiger partial charge in [-0.25, -0.2) is 0 Å². The standard InChI is InChI=1S/C24H29ClN4S3/c1-19-15-23(16-20(27-19)18-31-21-5-7-26-8-6-21)30-14-2-9-28-10-12-29(13-11-28)17-22-3-4-24(25)32-22/h3-8,15-16H,2,9-14,17-18H2,1H3. The fourth-order valence-electron chi connectivity index (χ4n) is 3.76. The lowest BCUT2D eigenvalue weighted by molar-refractivity contribution is 0.128. The number of aromatic nitrogens is 2. The van der Waals surface area contributed by atoms with E-state index in [1.807, 2.05) is 54.1 Å². The fraction of sp³-hybridized carbons (Fsp3) is 0.417. The highest BCUT2D eigenvalue weighted by Gasteiger charge is 2.17. The summed E-state index contributed by atoms with van der Waals surface area (Å²) in [6.45, 7) is 8.91. The average molecular weight is 505 g/mol. The van der Waals surface area contributed by atoms with Crippen LogP contribution in [0.4, 0.5) is 0 Å². The number of hydrogen-bond acceptors (Lipinski definition) is 7. The number of nitrogens with zero attached hydrogens (tertiary/aromatic N) is 4. The van der Waals surface area contributed by atoms with Crippen molar-refractivity contribution in [3.05, 3.63) is 69.4 Å². The molecule has 0 spiro atoms. The summed E-state index contributed by atoms with van der Waals surface area (Å²) in [6.07, 6.45) is 4.90. The summed E-state index contributed by atoms with van der Waals surface area (Å²) in [5, 5.41) is 0. The van der Waals surface area contributed by atoms with Crippen LogP contribution in [-0.4, -0.2) is 58.2 Å². The first-order valence-corrected chi connectivity index (χ1v) is 14.1. The summed E-state index contributed by atoms with van der Waals surface area (Å²) < 4.78 is 0.889. The maximum Gasteiger partial charge on any atom is 0.0931 e. The summed E-state index contributed by atoms with van der Waals surface area (Å²) >= 11 is 11.5. The van der Waals surface area contributed by atoms with Crippen LogP contribution in [0, 0.1) is 6.92 Å². The largest absolute Gasteiger partial charge is 0.301 e. The Morgan fingerprint density at radius 3 is 2.50 bits per heavy atom. The number of hydrogen-bond donors (Lipinski definition) is 0. The smallest absolute Gasteiger partial charge is 0.0931 e. The lowest BCUT2D eigenvalue weighted by Gasteiger charge is -2.34. The number of thiophene rings is 1. The van der Waals surface area contributed by atoms with Crippen molar-refractivity contribution in [2.45, 2.75) is 35.4 Å². The van der Waals surface area contributed by atoms with Crippen LogP contribution in [0.25, 0.3) is 0 Å². The molecule has 0 amide bonds. The minimum Gasteiger partial charge on any atom is -0.301 e. The van der Waals surface area contributed by atoms with E-state index in [4.69, 9.17) is 16.6 Å². The molecule has 0 unspecified atom stereocenters. The van der Waals surface area contributed by atoms with Crippen molar-refractivity contribution in [3.63, 3.8) is 0 Å². The predicted molar refractivity (Wildman–Crippen MR) is 139 cm³/mol. The van der Waals surface area contributed by atoms with E-state index in [-0.39, 0.29) is 0 Å². The average Bonchev–Trinajstić information content (AvgIpc) is 3.21. The number of piperazine rings is 1. The van der Waals surface area contributed by atoms with E-state index in [1.165, 1.54) is 27.6 Å². The molecule has 1 fully saturated rings. The third kappa shape index (κ3) is 7.75. The number of halogens is 1. The molecule has 0 aliphatic carbocycles. The molecule has 0 atom stereocenters. The Hall–Kier alpha value is -1.09. The Kier molecular flexibility index (Phi) is 9.31. The van der Waals surface area contributed by atoms with Gasteiger partial charge in [0.25, 0.3) is 0 Å². The number of rotatable bonds is 10. The molecule has 1 aliphatic rings. The molecule has 0 saturated carbocycles. The summed E-state index contributed by atoms with van der Waals surface area (Å²) in [4.78, 5) is 17.9. The molecule has 1 aliphatic heterocycles. The van der Waals surface area contributed by atoms with Gasteiger partial charge in [-0.05, 0) is 62.0 Å². The van der Waals surface area contributed by atoms with Crippen molar-refractivity contribution in [2.75, 3.05) is 38.5 Å². The number of pyridine rings is 2. The molecule has 4 rings (SSSR count). The monoisotopic (exact) mass is 504 g/mol. The highest BCUT2D eigenvalue weighted by Crippen LogP contribution is 2.26. The third-order valence-electron chi connectivity index (χ3n) is 5.38. The molecule has 32 heavy (non-hydrogen) atoms. The van der Waals surface area contributed by atoms with Crippen molar-refractivity contribution < 1.29 is 0 Å². The van der Waals surface area contributed by atoms with Crippen molar-refractivity contribution in [1.29, 1.82) is 0 Å². The second kappa shape index (κ2) is 12.4. The van der Waals surface area contributed by atoms with E-state index in [1.54, 1.807) is 11.3 Å². The van der Waals surface area contributed by atoms with Gasteiger partial charge >= 0.3 is 0 Å². The van der Waals surface area contributed by atoms with Crippen LogP contribution >= 0.6 is 46.5 Å². The lowest BCUT2D eigenvalue weighted by Crippen LogP contribution is -2.46. The van der Waals surface area contributed by atoms with Gasteiger partial charge in [-0.1, -0.05) is 11.6 Å². The van der Waals surface area contributed by atoms with E-state index in [9.17, 15) is 0 Å². The topological polar surface area (TPSA) is 32.3 Å². The molecular weight excluding hydrogens is 476 g/mol. The Morgan fingerprint density at radius 1 is 0.969 bits per heavy atom. The van der Waals surface area contributed by atoms with Crippen LogP contribution in [0.15, 0.2) is 58.6 Å². The molecule has 4 heterocycles. The van der Waals surface area contributed by atoms with Gasteiger partial charge in [-0.15, -0.1) is 34.9 Å². The molecular formula is C24H29ClN4S3. The van der Waals surface area contributed by atoms with Gasteiger partial charge in [0.1, 0.15) is 0 Å². The molecule has 0 bridgehead atoms. The van der Waals surface area contributed by atoms with E-state index in [0.717, 1.165) is 60.0 Å². The maximum absolute atomic E-state index is 6.06. The second-order valence-corrected chi connectivity index (χ2v) is 11.9. The van der Waals surface area contributed by atoms with Crippen molar-refractivity contribution >= 4 is 46.5 Å². The third-order valence-corrected chi connectivity index (χ3v) is 8.70. The molecule has 170 valence electrons. The maximum atomic E-state index is 6.06. The Labute approximate surface area is 208 Å². The Balaban J connectivity index is 1.15. The minimum atomic E-state index is 0.889. The molecule has 0 aromatic carbocycles. The van der Waals surface area contributed by atoms with Crippen LogP contribution in [0.3, 0.4) is 0 Å². The van der Waals surface area contributed by atoms with Crippen LogP contribution in [0.5, 0.6) is 0 Å². The van der Waals surface area contributed by atoms with Crippen molar-refractivity contribution in [2.24, 2.45) is 0 Å². The summed E-state index contributed by atoms with van der Waals surface area (Å²) in [5.41, 5.74) is 2.25. The quantitative estimate of drug-likeness (QED) is 0.245. The van der Waals surface area contributed by atoms with Crippen LogP contribution in [0.2, 0.25) is 4.34 Å². The van der Waals surface area contributed by atoms with Crippen LogP contribution in [0.1, 0.15) is 22.7 Å². The van der Waals surface area contributed by atoms with Gasteiger partial charge in [0.15, 0.2) is 0 Å². The van der Waals surface area contributed by atoms with Crippen molar-refractivity contribution in [3.8, 4) is 0 Å². The first kappa shape index (κ1) is 24.0. The molecule has 0 radical (unpaired) electrons. The molecule has 8 heteroatoms. The molecule has 1 saturated heterocycles. The second-order valence-electron chi connectivity index (χ2n) is 7.93. The van der Waals surface area contributed by atoms with Crippen molar-refractivity contribution in [1.82, 2.24) is 19.8 Å². The van der Waals surface area contributed by atoms with Gasteiger partial charge in [0.05, 0.1) is 10.0 Å². The first-order valence-electron chi connectivity index (χ1n) is 11.0. The molecule has 3 aromatic heterocycles. The number of thioether (sulfide) groups is 2. The van der Waals surface area contributed by atoms with Crippen LogP contribution in [-0.2, 0) is 12.3 Å². The van der Waals surface area contributed by atoms with Crippen LogP contribution < -0.4 is 0 Å². The van der Waals surface area contributed by atoms with Gasteiger partial charge in [0.2, 0.25) is 0 Å². The van der Waals surface area contributed by atoms with E-state index < -0.39 is 0 Å². The fourth-order valence-corrected chi connectivity index (χ4v) is 6.65. The summed E-state index contributed by atoms with van der Waals surface area (Å²) in [5.74, 6) is 2.04. The predicted octanol–water partition coefficient (Wildman–Crippen LogP) is 6.09. The van der Waals surface area contributed by atoms with Gasteiger partial charge in [-0.2, -0.15) is 0 Å². The van der Waals surface area contributed by atoms with Gasteiger partial charge in [0, 0.05) is 71.2 Å². The molecule has 3 aromatic rings. The first-order chi connectivity index (χ1) is 15.6. The molecule has 4 nitrogen and oxygen atoms in total. The normalized spacial score (nSPS) is 15.3. The zero-order chi connectivity index (χ0) is 22.2. The molecule has 0 N–H and O–H groups in total. The Morgan fingerprint density at radius 2 is 1.75 bits per heavy atom. The van der Waals surface area contributed by atoms with E-state index >= 15 is 0 Å². The highest BCUT2D eigenvalue weighted by molar-refractivity contribution is 7.99. The zero-order valence-electron chi connectivity index (χ0n) is 18.4. The summed E-state index contributed by atoms with van der Waals surface area (Å²) in [6, 6.07) is 12.7. The van der Waals surface area contributed by atoms with Gasteiger partial charge < -0.3 is 4.90 Å². The SMILES string of the molecule is Cc1cc(SCCCN2CCN(Cc3ccc(Cl)s3)CC2)cc(CSc2ccncc2)n1. The summed E-state index contributed by atoms with van der Waals surface area (Å²) in [7, 11) is 0. The highest BCUT2D eigenvalue weighted by atomic mass is 35.5. The number of aryl methyl sites for hydroxylation is 1. The lowest BCUT2D eigenvalue weighted by atomic mass is 10.3. The van der Waals surface area contributed by atoms with Gasteiger partial charge in [-0.3, -0.25) is 14.9 Å². The minimum absolute atomic E-state index is 0.889.